The second kappa shape index (κ2) is 6.04. The zero-order valence-corrected chi connectivity index (χ0v) is 12.5. The smallest absolute Gasteiger partial charge is 0.374 e. The maximum absolute atomic E-state index is 12.5. The number of hydrogen-bond acceptors (Lipinski definition) is 7. The average Bonchev–Trinajstić information content (AvgIpc) is 3.23. The van der Waals surface area contributed by atoms with Crippen LogP contribution in [0, 0.1) is 0 Å². The predicted octanol–water partition coefficient (Wildman–Crippen LogP) is 3.51. The van der Waals surface area contributed by atoms with Gasteiger partial charge in [-0.3, -0.25) is 0 Å². The van der Waals surface area contributed by atoms with E-state index < -0.39 is 12.1 Å². The number of rotatable bonds is 4. The van der Waals surface area contributed by atoms with Crippen molar-refractivity contribution in [3.8, 4) is 22.8 Å². The van der Waals surface area contributed by atoms with Crippen LogP contribution in [0.2, 0.25) is 0 Å². The number of nitrogens with zero attached hydrogens (tertiary/aromatic N) is 4. The van der Waals surface area contributed by atoms with Crippen molar-refractivity contribution < 1.29 is 27.0 Å². The highest BCUT2D eigenvalue weighted by Gasteiger charge is 2.38. The summed E-state index contributed by atoms with van der Waals surface area (Å²) in [7, 11) is 1.52. The summed E-state index contributed by atoms with van der Waals surface area (Å²) in [6.45, 7) is 1.77. The molecule has 0 saturated heterocycles. The molecule has 3 rings (SSSR count). The van der Waals surface area contributed by atoms with E-state index in [9.17, 15) is 13.2 Å². The van der Waals surface area contributed by atoms with Crippen LogP contribution < -0.4 is 0 Å². The highest BCUT2D eigenvalue weighted by molar-refractivity contribution is 5.62. The summed E-state index contributed by atoms with van der Waals surface area (Å²) in [4.78, 5) is 7.51. The summed E-state index contributed by atoms with van der Waals surface area (Å²) in [6.07, 6.45) is -4.99. The number of halogens is 3. The van der Waals surface area contributed by atoms with Crippen molar-refractivity contribution in [3.63, 3.8) is 0 Å². The van der Waals surface area contributed by atoms with Crippen LogP contribution in [0.25, 0.3) is 22.8 Å². The highest BCUT2D eigenvalue weighted by Crippen LogP contribution is 2.30. The van der Waals surface area contributed by atoms with Crippen molar-refractivity contribution in [1.29, 1.82) is 0 Å². The minimum atomic E-state index is -4.68. The van der Waals surface area contributed by atoms with E-state index in [2.05, 4.69) is 24.8 Å². The lowest BCUT2D eigenvalue weighted by atomic mass is 10.1. The fourth-order valence-electron chi connectivity index (χ4n) is 1.84. The van der Waals surface area contributed by atoms with Crippen molar-refractivity contribution >= 4 is 0 Å². The maximum atomic E-state index is 12.5. The van der Waals surface area contributed by atoms with Gasteiger partial charge in [0.15, 0.2) is 0 Å². The molecule has 2 aromatic heterocycles. The molecular formula is C14H11F3N4O3. The van der Waals surface area contributed by atoms with Gasteiger partial charge in [0, 0.05) is 18.2 Å². The molecule has 3 aromatic rings. The topological polar surface area (TPSA) is 87.1 Å². The number of alkyl halides is 3. The van der Waals surface area contributed by atoms with Gasteiger partial charge in [0.05, 0.1) is 0 Å². The lowest BCUT2D eigenvalue weighted by Crippen LogP contribution is -2.04. The van der Waals surface area contributed by atoms with Crippen LogP contribution in [0.5, 0.6) is 0 Å². The van der Waals surface area contributed by atoms with Crippen LogP contribution >= 0.6 is 0 Å². The van der Waals surface area contributed by atoms with Gasteiger partial charge in [0.2, 0.25) is 11.6 Å². The minimum absolute atomic E-state index is 0.159. The van der Waals surface area contributed by atoms with Gasteiger partial charge in [0.25, 0.3) is 5.89 Å². The molecule has 24 heavy (non-hydrogen) atoms. The van der Waals surface area contributed by atoms with Gasteiger partial charge >= 0.3 is 12.1 Å². The quantitative estimate of drug-likeness (QED) is 0.718. The van der Waals surface area contributed by atoms with E-state index in [1.807, 2.05) is 0 Å². The third-order valence-corrected chi connectivity index (χ3v) is 3.22. The van der Waals surface area contributed by atoms with Crippen LogP contribution in [0.3, 0.4) is 0 Å². The molecular weight excluding hydrogens is 329 g/mol. The number of methoxy groups -OCH3 is 1. The Hall–Kier alpha value is -2.75. The average molecular weight is 340 g/mol. The molecule has 0 aliphatic heterocycles. The largest absolute Gasteiger partial charge is 0.471 e. The molecule has 0 fully saturated rings. The Balaban J connectivity index is 1.83. The Morgan fingerprint density at radius 3 is 2.25 bits per heavy atom. The maximum Gasteiger partial charge on any atom is 0.471 e. The second-order valence-electron chi connectivity index (χ2n) is 4.83. The van der Waals surface area contributed by atoms with E-state index in [1.165, 1.54) is 19.2 Å². The first-order chi connectivity index (χ1) is 11.4. The minimum Gasteiger partial charge on any atom is -0.374 e. The molecule has 0 saturated carbocycles. The molecule has 0 N–H and O–H groups in total. The first-order valence-electron chi connectivity index (χ1n) is 6.76. The van der Waals surface area contributed by atoms with Gasteiger partial charge in [-0.2, -0.15) is 23.1 Å². The summed E-state index contributed by atoms with van der Waals surface area (Å²) in [6, 6.07) is 6.27. The lowest BCUT2D eigenvalue weighted by Gasteiger charge is -2.01. The first kappa shape index (κ1) is 16.1. The third kappa shape index (κ3) is 3.13. The molecule has 0 aliphatic carbocycles. The van der Waals surface area contributed by atoms with Crippen molar-refractivity contribution in [1.82, 2.24) is 20.3 Å². The van der Waals surface area contributed by atoms with Gasteiger partial charge in [-0.25, -0.2) is 0 Å². The molecule has 0 aliphatic rings. The monoisotopic (exact) mass is 340 g/mol. The number of ether oxygens (including phenoxy) is 1. The normalized spacial score (nSPS) is 13.2. The predicted molar refractivity (Wildman–Crippen MR) is 73.5 cm³/mol. The van der Waals surface area contributed by atoms with Crippen LogP contribution in [0.4, 0.5) is 13.2 Å². The number of benzene rings is 1. The Labute approximate surface area is 133 Å². The van der Waals surface area contributed by atoms with E-state index in [4.69, 9.17) is 9.26 Å². The van der Waals surface area contributed by atoms with E-state index >= 15 is 0 Å². The van der Waals surface area contributed by atoms with E-state index in [0.29, 0.717) is 17.0 Å². The molecule has 1 atom stereocenters. The molecule has 0 radical (unpaired) electrons. The molecule has 2 heterocycles. The summed E-state index contributed by atoms with van der Waals surface area (Å²) < 4.78 is 51.8. The SMILES string of the molecule is CO[C@H](C)c1noc(-c2ccc(-c3noc(C(F)(F)F)n3)cc2)n1. The standard InChI is InChI=1S/C14H11F3N4O3/c1-7(22-2)10-18-12(23-20-10)9-5-3-8(4-6-9)11-19-13(24-21-11)14(15,16)17/h3-7H,1-2H3/t7-/m1/s1. The molecule has 7 nitrogen and oxygen atoms in total. The van der Waals surface area contributed by atoms with Crippen LogP contribution in [-0.2, 0) is 10.9 Å². The molecule has 0 bridgehead atoms. The molecule has 1 aromatic carbocycles. The molecule has 126 valence electrons. The Morgan fingerprint density at radius 2 is 1.67 bits per heavy atom. The van der Waals surface area contributed by atoms with Crippen LogP contribution in [0.1, 0.15) is 24.7 Å². The van der Waals surface area contributed by atoms with E-state index in [-0.39, 0.29) is 17.8 Å². The van der Waals surface area contributed by atoms with Crippen LogP contribution in [-0.4, -0.2) is 27.4 Å². The summed E-state index contributed by atoms with van der Waals surface area (Å²) in [5.74, 6) is -0.890. The number of hydrogen-bond donors (Lipinski definition) is 0. The highest BCUT2D eigenvalue weighted by atomic mass is 19.4. The molecule has 0 unspecified atom stereocenters. The van der Waals surface area contributed by atoms with Crippen molar-refractivity contribution in [2.24, 2.45) is 0 Å². The fourth-order valence-corrected chi connectivity index (χ4v) is 1.84. The first-order valence-corrected chi connectivity index (χ1v) is 6.76. The summed E-state index contributed by atoms with van der Waals surface area (Å²) in [5, 5.41) is 7.12. The Bertz CT molecular complexity index is 826. The Kier molecular flexibility index (Phi) is 4.06. The van der Waals surface area contributed by atoms with E-state index in [0.717, 1.165) is 0 Å². The molecule has 0 spiro atoms. The zero-order chi connectivity index (χ0) is 17.3. The van der Waals surface area contributed by atoms with E-state index in [1.54, 1.807) is 19.1 Å². The van der Waals surface area contributed by atoms with Crippen LogP contribution in [0.15, 0.2) is 33.3 Å². The van der Waals surface area contributed by atoms with Gasteiger partial charge in [-0.15, -0.1) is 0 Å². The fraction of sp³-hybridized carbons (Fsp3) is 0.286. The van der Waals surface area contributed by atoms with Crippen molar-refractivity contribution in [3.05, 3.63) is 36.0 Å². The molecule has 10 heteroatoms. The number of aromatic nitrogens is 4. The van der Waals surface area contributed by atoms with Gasteiger partial charge < -0.3 is 13.8 Å². The second-order valence-corrected chi connectivity index (χ2v) is 4.83. The van der Waals surface area contributed by atoms with Crippen molar-refractivity contribution in [2.45, 2.75) is 19.2 Å². The van der Waals surface area contributed by atoms with Gasteiger partial charge in [-0.05, 0) is 19.1 Å². The van der Waals surface area contributed by atoms with Gasteiger partial charge in [-0.1, -0.05) is 22.4 Å². The Morgan fingerprint density at radius 1 is 1.00 bits per heavy atom. The summed E-state index contributed by atoms with van der Waals surface area (Å²) >= 11 is 0. The summed E-state index contributed by atoms with van der Waals surface area (Å²) in [5.41, 5.74) is 0.961. The third-order valence-electron chi connectivity index (χ3n) is 3.22. The molecule has 0 amide bonds. The lowest BCUT2D eigenvalue weighted by molar-refractivity contribution is -0.159. The van der Waals surface area contributed by atoms with Gasteiger partial charge in [0.1, 0.15) is 6.10 Å². The zero-order valence-electron chi connectivity index (χ0n) is 12.5. The van der Waals surface area contributed by atoms with Crippen molar-refractivity contribution in [2.75, 3.05) is 7.11 Å².